The number of amides is 1. The zero-order valence-corrected chi connectivity index (χ0v) is 10.1. The Kier molecular flexibility index (Phi) is 3.32. The quantitative estimate of drug-likeness (QED) is 0.884. The molecule has 1 heterocycles. The van der Waals surface area contributed by atoms with Crippen LogP contribution in [0.4, 0.5) is 10.1 Å². The minimum Gasteiger partial charge on any atom is -0.321 e. The van der Waals surface area contributed by atoms with Gasteiger partial charge in [-0.05, 0) is 37.6 Å². The van der Waals surface area contributed by atoms with E-state index < -0.39 is 0 Å². The van der Waals surface area contributed by atoms with E-state index in [1.807, 2.05) is 0 Å². The lowest BCUT2D eigenvalue weighted by Gasteiger charge is -2.06. The summed E-state index contributed by atoms with van der Waals surface area (Å²) < 4.78 is 13.1. The number of nitrogens with one attached hydrogen (secondary N) is 1. The number of benzene rings is 1. The molecule has 0 spiro atoms. The van der Waals surface area contributed by atoms with Gasteiger partial charge in [-0.2, -0.15) is 0 Å². The van der Waals surface area contributed by atoms with Crippen LogP contribution in [0, 0.1) is 19.7 Å². The highest BCUT2D eigenvalue weighted by Crippen LogP contribution is 2.14. The number of carbonyl (C=O) groups excluding carboxylic acids is 1. The highest BCUT2D eigenvalue weighted by molar-refractivity contribution is 6.02. The molecule has 0 fully saturated rings. The SMILES string of the molecule is Cc1cnc(C(=O)Nc2ccc(F)c(C)c2)cn1. The maximum Gasteiger partial charge on any atom is 0.275 e. The number of carbonyl (C=O) groups is 1. The van der Waals surface area contributed by atoms with Gasteiger partial charge in [0.15, 0.2) is 0 Å². The van der Waals surface area contributed by atoms with Gasteiger partial charge in [0.05, 0.1) is 11.9 Å². The standard InChI is InChI=1S/C13H12FN3O/c1-8-5-10(3-4-11(8)14)17-13(18)12-7-15-9(2)6-16-12/h3-7H,1-2H3,(H,17,18). The van der Waals surface area contributed by atoms with E-state index in [1.54, 1.807) is 19.9 Å². The van der Waals surface area contributed by atoms with Gasteiger partial charge in [-0.25, -0.2) is 9.37 Å². The van der Waals surface area contributed by atoms with E-state index in [2.05, 4.69) is 15.3 Å². The van der Waals surface area contributed by atoms with Crippen LogP contribution in [0.2, 0.25) is 0 Å². The minimum absolute atomic E-state index is 0.225. The molecule has 1 aromatic carbocycles. The van der Waals surface area contributed by atoms with Crippen molar-refractivity contribution in [1.82, 2.24) is 9.97 Å². The van der Waals surface area contributed by atoms with Crippen molar-refractivity contribution in [3.63, 3.8) is 0 Å². The number of rotatable bonds is 2. The summed E-state index contributed by atoms with van der Waals surface area (Å²) in [6, 6.07) is 4.38. The molecule has 18 heavy (non-hydrogen) atoms. The van der Waals surface area contributed by atoms with E-state index in [9.17, 15) is 9.18 Å². The average molecular weight is 245 g/mol. The third-order valence-electron chi connectivity index (χ3n) is 2.43. The molecule has 2 aromatic rings. The molecule has 0 atom stereocenters. The maximum atomic E-state index is 13.1. The zero-order chi connectivity index (χ0) is 13.1. The Morgan fingerprint density at radius 1 is 1.22 bits per heavy atom. The molecular formula is C13H12FN3O. The van der Waals surface area contributed by atoms with Crippen molar-refractivity contribution >= 4 is 11.6 Å². The second-order valence-electron chi connectivity index (χ2n) is 3.96. The molecule has 0 aliphatic rings. The summed E-state index contributed by atoms with van der Waals surface area (Å²) in [7, 11) is 0. The normalized spacial score (nSPS) is 10.2. The molecule has 0 aliphatic carbocycles. The monoisotopic (exact) mass is 245 g/mol. The second-order valence-corrected chi connectivity index (χ2v) is 3.96. The predicted molar refractivity (Wildman–Crippen MR) is 65.9 cm³/mol. The lowest BCUT2D eigenvalue weighted by molar-refractivity contribution is 0.102. The first-order valence-electron chi connectivity index (χ1n) is 5.42. The van der Waals surface area contributed by atoms with Gasteiger partial charge in [-0.1, -0.05) is 0 Å². The van der Waals surface area contributed by atoms with Gasteiger partial charge < -0.3 is 5.32 Å². The molecule has 0 saturated heterocycles. The topological polar surface area (TPSA) is 54.9 Å². The molecule has 2 rings (SSSR count). The van der Waals surface area contributed by atoms with E-state index in [0.717, 1.165) is 5.69 Å². The Labute approximate surface area is 104 Å². The van der Waals surface area contributed by atoms with Gasteiger partial charge in [0, 0.05) is 11.9 Å². The first-order chi connectivity index (χ1) is 8.56. The summed E-state index contributed by atoms with van der Waals surface area (Å²) in [4.78, 5) is 19.8. The van der Waals surface area contributed by atoms with Crippen LogP contribution >= 0.6 is 0 Å². The third kappa shape index (κ3) is 2.68. The molecule has 1 amide bonds. The van der Waals surface area contributed by atoms with Gasteiger partial charge in [0.25, 0.3) is 5.91 Å². The van der Waals surface area contributed by atoms with Crippen molar-refractivity contribution in [2.24, 2.45) is 0 Å². The molecule has 4 nitrogen and oxygen atoms in total. The lowest BCUT2D eigenvalue weighted by Crippen LogP contribution is -2.14. The highest BCUT2D eigenvalue weighted by atomic mass is 19.1. The predicted octanol–water partition coefficient (Wildman–Crippen LogP) is 2.48. The van der Waals surface area contributed by atoms with E-state index in [1.165, 1.54) is 24.5 Å². The van der Waals surface area contributed by atoms with Gasteiger partial charge in [-0.15, -0.1) is 0 Å². The first kappa shape index (κ1) is 12.2. The third-order valence-corrected chi connectivity index (χ3v) is 2.43. The van der Waals surface area contributed by atoms with Crippen molar-refractivity contribution in [3.8, 4) is 0 Å². The smallest absolute Gasteiger partial charge is 0.275 e. The van der Waals surface area contributed by atoms with Gasteiger partial charge in [0.2, 0.25) is 0 Å². The fourth-order valence-electron chi connectivity index (χ4n) is 1.43. The first-order valence-corrected chi connectivity index (χ1v) is 5.42. The van der Waals surface area contributed by atoms with Crippen LogP contribution in [0.5, 0.6) is 0 Å². The van der Waals surface area contributed by atoms with Gasteiger partial charge in [-0.3, -0.25) is 9.78 Å². The average Bonchev–Trinajstić information content (AvgIpc) is 2.34. The Balaban J connectivity index is 2.16. The summed E-state index contributed by atoms with van der Waals surface area (Å²) in [6.45, 7) is 3.43. The lowest BCUT2D eigenvalue weighted by atomic mass is 10.2. The Morgan fingerprint density at radius 3 is 2.61 bits per heavy atom. The van der Waals surface area contributed by atoms with Crippen LogP contribution in [0.25, 0.3) is 0 Å². The molecule has 0 bridgehead atoms. The van der Waals surface area contributed by atoms with Crippen LogP contribution in [0.15, 0.2) is 30.6 Å². The summed E-state index contributed by atoms with van der Waals surface area (Å²) in [5.41, 5.74) is 1.97. The van der Waals surface area contributed by atoms with Crippen LogP contribution in [-0.2, 0) is 0 Å². The van der Waals surface area contributed by atoms with E-state index in [0.29, 0.717) is 11.3 Å². The molecule has 0 unspecified atom stereocenters. The second kappa shape index (κ2) is 4.91. The molecule has 0 saturated carbocycles. The molecule has 92 valence electrons. The number of anilines is 1. The van der Waals surface area contributed by atoms with Crippen molar-refractivity contribution in [2.75, 3.05) is 5.32 Å². The van der Waals surface area contributed by atoms with Crippen molar-refractivity contribution < 1.29 is 9.18 Å². The molecule has 0 aliphatic heterocycles. The highest BCUT2D eigenvalue weighted by Gasteiger charge is 2.08. The number of hydrogen-bond acceptors (Lipinski definition) is 3. The molecular weight excluding hydrogens is 233 g/mol. The fourth-order valence-corrected chi connectivity index (χ4v) is 1.43. The molecule has 5 heteroatoms. The van der Waals surface area contributed by atoms with Crippen molar-refractivity contribution in [2.45, 2.75) is 13.8 Å². The number of hydrogen-bond donors (Lipinski definition) is 1. The summed E-state index contributed by atoms with van der Waals surface area (Å²) in [5.74, 6) is -0.670. The van der Waals surface area contributed by atoms with Crippen molar-refractivity contribution in [3.05, 3.63) is 53.4 Å². The molecule has 0 radical (unpaired) electrons. The van der Waals surface area contributed by atoms with Crippen LogP contribution in [-0.4, -0.2) is 15.9 Å². The largest absolute Gasteiger partial charge is 0.321 e. The van der Waals surface area contributed by atoms with Crippen LogP contribution in [0.3, 0.4) is 0 Å². The van der Waals surface area contributed by atoms with Gasteiger partial charge >= 0.3 is 0 Å². The van der Waals surface area contributed by atoms with E-state index >= 15 is 0 Å². The fraction of sp³-hybridized carbons (Fsp3) is 0.154. The Morgan fingerprint density at radius 2 is 2.00 bits per heavy atom. The van der Waals surface area contributed by atoms with Gasteiger partial charge in [0.1, 0.15) is 11.5 Å². The molecule has 1 aromatic heterocycles. The summed E-state index contributed by atoms with van der Waals surface area (Å²) in [5, 5.41) is 2.64. The van der Waals surface area contributed by atoms with Crippen LogP contribution < -0.4 is 5.32 Å². The Bertz CT molecular complexity index is 581. The number of halogens is 1. The summed E-state index contributed by atoms with van der Waals surface area (Å²) in [6.07, 6.45) is 2.92. The van der Waals surface area contributed by atoms with E-state index in [-0.39, 0.29) is 17.4 Å². The maximum absolute atomic E-state index is 13.1. The number of nitrogens with zero attached hydrogens (tertiary/aromatic N) is 2. The summed E-state index contributed by atoms with van der Waals surface area (Å²) >= 11 is 0. The number of aromatic nitrogens is 2. The minimum atomic E-state index is -0.367. The van der Waals surface area contributed by atoms with Crippen molar-refractivity contribution in [1.29, 1.82) is 0 Å². The number of aryl methyl sites for hydroxylation is 2. The van der Waals surface area contributed by atoms with Crippen LogP contribution in [0.1, 0.15) is 21.7 Å². The Hall–Kier alpha value is -2.30. The van der Waals surface area contributed by atoms with E-state index in [4.69, 9.17) is 0 Å². The zero-order valence-electron chi connectivity index (χ0n) is 10.1. The molecule has 1 N–H and O–H groups in total.